The van der Waals surface area contributed by atoms with E-state index in [1.165, 1.54) is 11.0 Å². The first-order valence-electron chi connectivity index (χ1n) is 8.51. The third-order valence-electron chi connectivity index (χ3n) is 3.77. The van der Waals surface area contributed by atoms with Gasteiger partial charge in [0.05, 0.1) is 18.7 Å². The van der Waals surface area contributed by atoms with Crippen LogP contribution in [0.15, 0.2) is 29.3 Å². The van der Waals surface area contributed by atoms with Gasteiger partial charge in [0.25, 0.3) is 0 Å². The topological polar surface area (TPSA) is 47.9 Å². The van der Waals surface area contributed by atoms with Gasteiger partial charge >= 0.3 is 6.18 Å². The molecule has 146 valence electrons. The molecule has 0 aliphatic carbocycles. The van der Waals surface area contributed by atoms with E-state index in [9.17, 15) is 18.0 Å². The minimum absolute atomic E-state index is 0.0743. The van der Waals surface area contributed by atoms with E-state index in [0.29, 0.717) is 11.5 Å². The minimum Gasteiger partial charge on any atom is -0.347 e. The Labute approximate surface area is 152 Å². The first kappa shape index (κ1) is 21.8. The van der Waals surface area contributed by atoms with Crippen LogP contribution in [0.2, 0.25) is 0 Å². The molecule has 0 bridgehead atoms. The number of carbonyl (C=O) groups is 1. The standard InChI is InChI=1S/C18H27F3N4O/c1-5-6-10-25(4)17(23-13-16(26)24(2)3)22-12-14-8-7-9-15(11-14)18(19,20)21/h7-9,11H,5-6,10,12-13H2,1-4H3,(H,22,23). The number of likely N-dealkylation sites (N-methyl/N-ethyl adjacent to an activating group) is 1. The number of benzene rings is 1. The van der Waals surface area contributed by atoms with E-state index >= 15 is 0 Å². The number of alkyl halides is 3. The number of carbonyl (C=O) groups excluding carboxylic acids is 1. The highest BCUT2D eigenvalue weighted by Gasteiger charge is 2.30. The molecule has 0 unspecified atom stereocenters. The molecule has 8 heteroatoms. The van der Waals surface area contributed by atoms with Crippen molar-refractivity contribution >= 4 is 11.9 Å². The molecular weight excluding hydrogens is 345 g/mol. The molecule has 0 atom stereocenters. The lowest BCUT2D eigenvalue weighted by atomic mass is 10.1. The first-order valence-corrected chi connectivity index (χ1v) is 8.51. The molecule has 1 aromatic rings. The Kier molecular flexibility index (Phi) is 8.41. The fourth-order valence-electron chi connectivity index (χ4n) is 2.14. The number of nitrogens with zero attached hydrogens (tertiary/aromatic N) is 3. The second-order valence-corrected chi connectivity index (χ2v) is 6.25. The van der Waals surface area contributed by atoms with Crippen molar-refractivity contribution in [2.24, 2.45) is 4.99 Å². The van der Waals surface area contributed by atoms with Gasteiger partial charge in [0.15, 0.2) is 5.96 Å². The maximum atomic E-state index is 12.8. The molecule has 1 aromatic carbocycles. The van der Waals surface area contributed by atoms with Gasteiger partial charge in [-0.2, -0.15) is 13.2 Å². The second kappa shape index (κ2) is 10.0. The molecule has 0 aliphatic heterocycles. The van der Waals surface area contributed by atoms with E-state index in [-0.39, 0.29) is 19.0 Å². The quantitative estimate of drug-likeness (QED) is 0.591. The molecule has 0 radical (unpaired) electrons. The molecule has 26 heavy (non-hydrogen) atoms. The SMILES string of the molecule is CCCCN(C)C(=NCc1cccc(C(F)(F)F)c1)NCC(=O)N(C)C. The largest absolute Gasteiger partial charge is 0.416 e. The molecule has 0 spiro atoms. The van der Waals surface area contributed by atoms with E-state index in [2.05, 4.69) is 17.2 Å². The van der Waals surface area contributed by atoms with Gasteiger partial charge in [-0.3, -0.25) is 4.79 Å². The van der Waals surface area contributed by atoms with Gasteiger partial charge in [-0.1, -0.05) is 25.5 Å². The number of amides is 1. The van der Waals surface area contributed by atoms with Crippen molar-refractivity contribution in [1.82, 2.24) is 15.1 Å². The molecule has 0 saturated heterocycles. The number of aliphatic imine (C=N–C) groups is 1. The summed E-state index contributed by atoms with van der Waals surface area (Å²) in [7, 11) is 5.16. The average Bonchev–Trinajstić information content (AvgIpc) is 2.58. The second-order valence-electron chi connectivity index (χ2n) is 6.25. The Morgan fingerprint density at radius 1 is 1.23 bits per heavy atom. The Bertz CT molecular complexity index is 615. The van der Waals surface area contributed by atoms with Gasteiger partial charge in [0.1, 0.15) is 0 Å². The fraction of sp³-hybridized carbons (Fsp3) is 0.556. The molecule has 1 amide bonds. The van der Waals surface area contributed by atoms with Crippen LogP contribution >= 0.6 is 0 Å². The Hall–Kier alpha value is -2.25. The Morgan fingerprint density at radius 2 is 1.92 bits per heavy atom. The zero-order chi connectivity index (χ0) is 19.7. The van der Waals surface area contributed by atoms with E-state index < -0.39 is 11.7 Å². The zero-order valence-corrected chi connectivity index (χ0v) is 15.7. The van der Waals surface area contributed by atoms with Crippen LogP contribution in [-0.4, -0.2) is 55.9 Å². The third-order valence-corrected chi connectivity index (χ3v) is 3.77. The van der Waals surface area contributed by atoms with Crippen LogP contribution in [0.5, 0.6) is 0 Å². The van der Waals surface area contributed by atoms with Crippen molar-refractivity contribution in [1.29, 1.82) is 0 Å². The highest BCUT2D eigenvalue weighted by molar-refractivity contribution is 5.86. The fourth-order valence-corrected chi connectivity index (χ4v) is 2.14. The van der Waals surface area contributed by atoms with Crippen molar-refractivity contribution in [2.45, 2.75) is 32.5 Å². The first-order chi connectivity index (χ1) is 12.1. The summed E-state index contributed by atoms with van der Waals surface area (Å²) < 4.78 is 38.5. The van der Waals surface area contributed by atoms with E-state index in [1.807, 2.05) is 11.9 Å². The highest BCUT2D eigenvalue weighted by Crippen LogP contribution is 2.29. The van der Waals surface area contributed by atoms with E-state index in [0.717, 1.165) is 31.5 Å². The lowest BCUT2D eigenvalue weighted by molar-refractivity contribution is -0.137. The van der Waals surface area contributed by atoms with Crippen LogP contribution in [-0.2, 0) is 17.5 Å². The van der Waals surface area contributed by atoms with Gasteiger partial charge in [0, 0.05) is 27.7 Å². The maximum Gasteiger partial charge on any atom is 0.416 e. The number of guanidine groups is 1. The van der Waals surface area contributed by atoms with Crippen LogP contribution < -0.4 is 5.32 Å². The molecule has 1 N–H and O–H groups in total. The summed E-state index contributed by atoms with van der Waals surface area (Å²) in [4.78, 5) is 19.5. The van der Waals surface area contributed by atoms with Gasteiger partial charge in [0.2, 0.25) is 5.91 Å². The highest BCUT2D eigenvalue weighted by atomic mass is 19.4. The van der Waals surface area contributed by atoms with E-state index in [4.69, 9.17) is 0 Å². The van der Waals surface area contributed by atoms with Crippen molar-refractivity contribution in [2.75, 3.05) is 34.2 Å². The van der Waals surface area contributed by atoms with Crippen LogP contribution in [0.1, 0.15) is 30.9 Å². The Balaban J connectivity index is 2.89. The molecule has 1 rings (SSSR count). The molecular formula is C18H27F3N4O. The molecule has 5 nitrogen and oxygen atoms in total. The summed E-state index contributed by atoms with van der Waals surface area (Å²) in [5, 5.41) is 2.99. The predicted octanol–water partition coefficient (Wildman–Crippen LogP) is 2.97. The maximum absolute atomic E-state index is 12.8. The molecule has 0 aromatic heterocycles. The summed E-state index contributed by atoms with van der Waals surface area (Å²) in [6, 6.07) is 5.11. The number of nitrogens with one attached hydrogen (secondary N) is 1. The van der Waals surface area contributed by atoms with Gasteiger partial charge in [-0.15, -0.1) is 0 Å². The normalized spacial score (nSPS) is 12.0. The summed E-state index contributed by atoms with van der Waals surface area (Å²) in [5.41, 5.74) is -0.233. The Morgan fingerprint density at radius 3 is 2.50 bits per heavy atom. The average molecular weight is 372 g/mol. The van der Waals surface area contributed by atoms with Crippen LogP contribution in [0.4, 0.5) is 13.2 Å². The summed E-state index contributed by atoms with van der Waals surface area (Å²) in [5.74, 6) is 0.381. The van der Waals surface area contributed by atoms with Crippen molar-refractivity contribution in [3.05, 3.63) is 35.4 Å². The van der Waals surface area contributed by atoms with Crippen LogP contribution in [0, 0.1) is 0 Å². The molecule has 0 aliphatic rings. The lowest BCUT2D eigenvalue weighted by Crippen LogP contribution is -2.44. The predicted molar refractivity (Wildman–Crippen MR) is 96.8 cm³/mol. The molecule has 0 heterocycles. The minimum atomic E-state index is -4.38. The third kappa shape index (κ3) is 7.33. The van der Waals surface area contributed by atoms with Crippen molar-refractivity contribution in [3.63, 3.8) is 0 Å². The molecule has 0 saturated carbocycles. The van der Waals surface area contributed by atoms with Gasteiger partial charge in [-0.05, 0) is 24.1 Å². The van der Waals surface area contributed by atoms with Crippen molar-refractivity contribution < 1.29 is 18.0 Å². The summed E-state index contributed by atoms with van der Waals surface area (Å²) >= 11 is 0. The number of hydrogen-bond acceptors (Lipinski definition) is 2. The van der Waals surface area contributed by atoms with E-state index in [1.54, 1.807) is 20.2 Å². The van der Waals surface area contributed by atoms with Crippen LogP contribution in [0.3, 0.4) is 0 Å². The summed E-state index contributed by atoms with van der Waals surface area (Å²) in [6.45, 7) is 2.97. The summed E-state index contributed by atoms with van der Waals surface area (Å²) in [6.07, 6.45) is -2.43. The van der Waals surface area contributed by atoms with Crippen molar-refractivity contribution in [3.8, 4) is 0 Å². The molecule has 0 fully saturated rings. The smallest absolute Gasteiger partial charge is 0.347 e. The van der Waals surface area contributed by atoms with Gasteiger partial charge in [-0.25, -0.2) is 4.99 Å². The number of rotatable bonds is 7. The monoisotopic (exact) mass is 372 g/mol. The number of unbranched alkanes of at least 4 members (excludes halogenated alkanes) is 1. The lowest BCUT2D eigenvalue weighted by Gasteiger charge is -2.23. The number of hydrogen-bond donors (Lipinski definition) is 1. The van der Waals surface area contributed by atoms with Crippen LogP contribution in [0.25, 0.3) is 0 Å². The van der Waals surface area contributed by atoms with Gasteiger partial charge < -0.3 is 15.1 Å². The number of halogens is 3. The zero-order valence-electron chi connectivity index (χ0n) is 15.7.